The number of phenolic OH excluding ortho intramolecular Hbond substituents is 1. The van der Waals surface area contributed by atoms with Gasteiger partial charge in [-0.2, -0.15) is 5.26 Å². The summed E-state index contributed by atoms with van der Waals surface area (Å²) in [5.74, 6) is 0.395. The second kappa shape index (κ2) is 8.88. The Bertz CT molecular complexity index is 498. The standard InChI is InChI=1S/C15H22BrN3O2/c1-4-19(5-2)7-6-18-13(10-17)11-8-12(16)15(20)14(9-11)21-3/h8-9,13,18,20H,4-7H2,1-3H3. The smallest absolute Gasteiger partial charge is 0.172 e. The molecule has 0 amide bonds. The Kier molecular flexibility index (Phi) is 7.51. The quantitative estimate of drug-likeness (QED) is 0.750. The molecule has 0 fully saturated rings. The predicted octanol–water partition coefficient (Wildman–Crippen LogP) is 2.66. The maximum absolute atomic E-state index is 9.81. The summed E-state index contributed by atoms with van der Waals surface area (Å²) >= 11 is 3.27. The summed E-state index contributed by atoms with van der Waals surface area (Å²) in [6.45, 7) is 7.84. The Morgan fingerprint density at radius 1 is 1.43 bits per heavy atom. The number of nitrogens with one attached hydrogen (secondary N) is 1. The van der Waals surface area contributed by atoms with Gasteiger partial charge < -0.3 is 14.7 Å². The summed E-state index contributed by atoms with van der Waals surface area (Å²) in [6, 6.07) is 5.21. The number of hydrogen-bond acceptors (Lipinski definition) is 5. The van der Waals surface area contributed by atoms with Crippen LogP contribution in [0.15, 0.2) is 16.6 Å². The zero-order chi connectivity index (χ0) is 15.8. The minimum Gasteiger partial charge on any atom is -0.503 e. The van der Waals surface area contributed by atoms with Gasteiger partial charge in [-0.1, -0.05) is 13.8 Å². The normalized spacial score (nSPS) is 12.2. The first-order chi connectivity index (χ1) is 10.1. The Labute approximate surface area is 134 Å². The lowest BCUT2D eigenvalue weighted by molar-refractivity contribution is 0.300. The molecule has 0 saturated carbocycles. The summed E-state index contributed by atoms with van der Waals surface area (Å²) in [5.41, 5.74) is 0.763. The molecule has 1 atom stereocenters. The highest BCUT2D eigenvalue weighted by atomic mass is 79.9. The summed E-state index contributed by atoms with van der Waals surface area (Å²) < 4.78 is 5.63. The fourth-order valence-electron chi connectivity index (χ4n) is 2.06. The molecular formula is C15H22BrN3O2. The molecule has 0 aromatic heterocycles. The molecule has 0 aliphatic carbocycles. The number of likely N-dealkylation sites (N-methyl/N-ethyl adjacent to an activating group) is 1. The van der Waals surface area contributed by atoms with E-state index in [-0.39, 0.29) is 5.75 Å². The molecule has 1 unspecified atom stereocenters. The molecule has 21 heavy (non-hydrogen) atoms. The van der Waals surface area contributed by atoms with E-state index in [1.165, 1.54) is 7.11 Å². The minimum absolute atomic E-state index is 0.0427. The number of methoxy groups -OCH3 is 1. The maximum atomic E-state index is 9.81. The Hall–Kier alpha value is -1.29. The van der Waals surface area contributed by atoms with Crippen molar-refractivity contribution >= 4 is 15.9 Å². The lowest BCUT2D eigenvalue weighted by atomic mass is 10.1. The maximum Gasteiger partial charge on any atom is 0.172 e. The summed E-state index contributed by atoms with van der Waals surface area (Å²) in [4.78, 5) is 2.29. The largest absolute Gasteiger partial charge is 0.503 e. The van der Waals surface area contributed by atoms with E-state index in [1.807, 2.05) is 0 Å². The third-order valence-electron chi connectivity index (χ3n) is 3.40. The molecule has 0 aliphatic heterocycles. The van der Waals surface area contributed by atoms with Crippen molar-refractivity contribution in [3.05, 3.63) is 22.2 Å². The highest BCUT2D eigenvalue weighted by Crippen LogP contribution is 2.36. The number of hydrogen-bond donors (Lipinski definition) is 2. The third kappa shape index (κ3) is 4.88. The van der Waals surface area contributed by atoms with Gasteiger partial charge in [-0.3, -0.25) is 5.32 Å². The van der Waals surface area contributed by atoms with E-state index in [9.17, 15) is 10.4 Å². The Morgan fingerprint density at radius 3 is 2.62 bits per heavy atom. The van der Waals surface area contributed by atoms with Gasteiger partial charge in [-0.05, 0) is 46.7 Å². The highest BCUT2D eigenvalue weighted by Gasteiger charge is 2.15. The fourth-order valence-corrected chi connectivity index (χ4v) is 2.52. The van der Waals surface area contributed by atoms with Crippen molar-refractivity contribution in [2.24, 2.45) is 0 Å². The summed E-state index contributed by atoms with van der Waals surface area (Å²) in [7, 11) is 1.49. The number of aromatic hydroxyl groups is 1. The number of benzene rings is 1. The van der Waals surface area contributed by atoms with Gasteiger partial charge in [-0.25, -0.2) is 0 Å². The molecule has 1 aromatic carbocycles. The topological polar surface area (TPSA) is 68.5 Å². The van der Waals surface area contributed by atoms with Crippen LogP contribution in [0.5, 0.6) is 11.5 Å². The van der Waals surface area contributed by atoms with Gasteiger partial charge in [0.05, 0.1) is 17.7 Å². The average molecular weight is 356 g/mol. The second-order valence-corrected chi connectivity index (χ2v) is 5.45. The van der Waals surface area contributed by atoms with E-state index in [0.717, 1.165) is 31.7 Å². The van der Waals surface area contributed by atoms with Crippen molar-refractivity contribution in [3.8, 4) is 17.6 Å². The molecule has 0 bridgehead atoms. The van der Waals surface area contributed by atoms with E-state index in [1.54, 1.807) is 12.1 Å². The number of halogens is 1. The van der Waals surface area contributed by atoms with Crippen LogP contribution in [0.25, 0.3) is 0 Å². The molecule has 5 nitrogen and oxygen atoms in total. The summed E-state index contributed by atoms with van der Waals surface area (Å²) in [6.07, 6.45) is 0. The van der Waals surface area contributed by atoms with Gasteiger partial charge in [0.25, 0.3) is 0 Å². The Balaban J connectivity index is 2.77. The first-order valence-electron chi connectivity index (χ1n) is 6.99. The summed E-state index contributed by atoms with van der Waals surface area (Å²) in [5, 5.41) is 22.4. The number of rotatable bonds is 8. The zero-order valence-corrected chi connectivity index (χ0v) is 14.3. The van der Waals surface area contributed by atoms with E-state index < -0.39 is 6.04 Å². The number of ether oxygens (including phenoxy) is 1. The van der Waals surface area contributed by atoms with Crippen molar-refractivity contribution in [1.82, 2.24) is 10.2 Å². The minimum atomic E-state index is -0.439. The molecular weight excluding hydrogens is 334 g/mol. The molecule has 1 rings (SSSR count). The number of nitrogens with zero attached hydrogens (tertiary/aromatic N) is 2. The van der Waals surface area contributed by atoms with Crippen LogP contribution in [0.4, 0.5) is 0 Å². The second-order valence-electron chi connectivity index (χ2n) is 4.60. The van der Waals surface area contributed by atoms with E-state index in [4.69, 9.17) is 4.74 Å². The van der Waals surface area contributed by atoms with Crippen LogP contribution in [0, 0.1) is 11.3 Å². The van der Waals surface area contributed by atoms with Crippen LogP contribution in [0.3, 0.4) is 0 Å². The molecule has 0 radical (unpaired) electrons. The first kappa shape index (κ1) is 17.8. The molecule has 0 saturated heterocycles. The fraction of sp³-hybridized carbons (Fsp3) is 0.533. The van der Waals surface area contributed by atoms with Crippen LogP contribution in [-0.2, 0) is 0 Å². The van der Waals surface area contributed by atoms with Crippen LogP contribution < -0.4 is 10.1 Å². The van der Waals surface area contributed by atoms with Crippen molar-refractivity contribution < 1.29 is 9.84 Å². The SMILES string of the molecule is CCN(CC)CCNC(C#N)c1cc(Br)c(O)c(OC)c1. The van der Waals surface area contributed by atoms with Crippen molar-refractivity contribution in [2.45, 2.75) is 19.9 Å². The van der Waals surface area contributed by atoms with Gasteiger partial charge in [0.15, 0.2) is 11.5 Å². The van der Waals surface area contributed by atoms with E-state index in [2.05, 4.69) is 46.1 Å². The number of phenols is 1. The Morgan fingerprint density at radius 2 is 2.10 bits per heavy atom. The van der Waals surface area contributed by atoms with Gasteiger partial charge in [-0.15, -0.1) is 0 Å². The van der Waals surface area contributed by atoms with E-state index >= 15 is 0 Å². The lowest BCUT2D eigenvalue weighted by Gasteiger charge is -2.20. The van der Waals surface area contributed by atoms with Gasteiger partial charge >= 0.3 is 0 Å². The zero-order valence-electron chi connectivity index (χ0n) is 12.7. The highest BCUT2D eigenvalue weighted by molar-refractivity contribution is 9.10. The van der Waals surface area contributed by atoms with E-state index in [0.29, 0.717) is 10.2 Å². The third-order valence-corrected chi connectivity index (χ3v) is 4.01. The molecule has 116 valence electrons. The molecule has 2 N–H and O–H groups in total. The average Bonchev–Trinajstić information content (AvgIpc) is 2.50. The van der Waals surface area contributed by atoms with Crippen LogP contribution in [0.1, 0.15) is 25.5 Å². The van der Waals surface area contributed by atoms with Crippen LogP contribution in [-0.4, -0.2) is 43.3 Å². The molecule has 6 heteroatoms. The monoisotopic (exact) mass is 355 g/mol. The van der Waals surface area contributed by atoms with Crippen molar-refractivity contribution in [2.75, 3.05) is 33.3 Å². The van der Waals surface area contributed by atoms with Gasteiger partial charge in [0, 0.05) is 13.1 Å². The lowest BCUT2D eigenvalue weighted by Crippen LogP contribution is -2.33. The first-order valence-corrected chi connectivity index (χ1v) is 7.78. The van der Waals surface area contributed by atoms with Crippen molar-refractivity contribution in [3.63, 3.8) is 0 Å². The number of nitriles is 1. The molecule has 0 spiro atoms. The molecule has 0 heterocycles. The van der Waals surface area contributed by atoms with Crippen molar-refractivity contribution in [1.29, 1.82) is 5.26 Å². The van der Waals surface area contributed by atoms with Gasteiger partial charge in [0.2, 0.25) is 0 Å². The molecule has 1 aromatic rings. The van der Waals surface area contributed by atoms with Crippen LogP contribution in [0.2, 0.25) is 0 Å². The van der Waals surface area contributed by atoms with Gasteiger partial charge in [0.1, 0.15) is 6.04 Å². The van der Waals surface area contributed by atoms with Crippen LogP contribution >= 0.6 is 15.9 Å². The molecule has 0 aliphatic rings. The predicted molar refractivity (Wildman–Crippen MR) is 86.5 cm³/mol.